The highest BCUT2D eigenvalue weighted by atomic mass is 32.2. The van der Waals surface area contributed by atoms with Crippen molar-refractivity contribution >= 4 is 40.2 Å². The van der Waals surface area contributed by atoms with Crippen LogP contribution < -0.4 is 5.32 Å². The van der Waals surface area contributed by atoms with Crippen LogP contribution in [0.2, 0.25) is 0 Å². The largest absolute Gasteiger partial charge is 0.324 e. The van der Waals surface area contributed by atoms with Crippen LogP contribution in [0.5, 0.6) is 0 Å². The van der Waals surface area contributed by atoms with Crippen LogP contribution in [0.15, 0.2) is 54.7 Å². The predicted molar refractivity (Wildman–Crippen MR) is 108 cm³/mol. The van der Waals surface area contributed by atoms with Crippen molar-refractivity contribution in [3.8, 4) is 0 Å². The maximum absolute atomic E-state index is 12.8. The van der Waals surface area contributed by atoms with E-state index in [9.17, 15) is 9.59 Å². The van der Waals surface area contributed by atoms with Gasteiger partial charge in [0.2, 0.25) is 11.8 Å². The number of hydrogen-bond acceptors (Lipinski definition) is 4. The molecule has 1 N–H and O–H groups in total. The summed E-state index contributed by atoms with van der Waals surface area (Å²) in [5.41, 5.74) is 2.74. The summed E-state index contributed by atoms with van der Waals surface area (Å²) in [5, 5.41) is 8.24. The fraction of sp³-hybridized carbons (Fsp3) is 0.250. The second-order valence-electron chi connectivity index (χ2n) is 6.60. The minimum Gasteiger partial charge on any atom is -0.324 e. The molecule has 3 aromatic rings. The molecule has 1 saturated heterocycles. The van der Waals surface area contributed by atoms with Crippen molar-refractivity contribution in [3.63, 3.8) is 0 Å². The van der Waals surface area contributed by atoms with Gasteiger partial charge >= 0.3 is 0 Å². The molecule has 2 aromatic carbocycles. The second kappa shape index (κ2) is 7.44. The van der Waals surface area contributed by atoms with Crippen LogP contribution in [0.1, 0.15) is 5.56 Å². The van der Waals surface area contributed by atoms with Crippen molar-refractivity contribution in [2.75, 3.05) is 16.9 Å². The first kappa shape index (κ1) is 17.6. The normalized spacial score (nSPS) is 16.6. The molecule has 2 heterocycles. The SMILES string of the molecule is Cc1cccc(NC(=O)[C@@H]2CSCN2C(=O)Cn2ncc3ccccc32)c1. The molecule has 1 atom stereocenters. The number of carbonyl (C=O) groups is 2. The fourth-order valence-corrected chi connectivity index (χ4v) is 4.41. The molecule has 6 nitrogen and oxygen atoms in total. The number of thioether (sulfide) groups is 1. The minimum atomic E-state index is -0.468. The zero-order valence-electron chi connectivity index (χ0n) is 15.0. The third-order valence-electron chi connectivity index (χ3n) is 4.63. The summed E-state index contributed by atoms with van der Waals surface area (Å²) in [5.74, 6) is 0.871. The molecule has 0 bridgehead atoms. The molecule has 27 heavy (non-hydrogen) atoms. The van der Waals surface area contributed by atoms with Gasteiger partial charge in [-0.05, 0) is 30.7 Å². The van der Waals surface area contributed by atoms with Gasteiger partial charge in [0.25, 0.3) is 0 Å². The lowest BCUT2D eigenvalue weighted by atomic mass is 10.2. The quantitative estimate of drug-likeness (QED) is 0.756. The molecule has 1 aliphatic rings. The lowest BCUT2D eigenvalue weighted by Gasteiger charge is -2.23. The molecule has 0 unspecified atom stereocenters. The fourth-order valence-electron chi connectivity index (χ4n) is 3.22. The lowest BCUT2D eigenvalue weighted by molar-refractivity contribution is -0.136. The highest BCUT2D eigenvalue weighted by Crippen LogP contribution is 2.23. The summed E-state index contributed by atoms with van der Waals surface area (Å²) in [4.78, 5) is 27.2. The number of para-hydroxylation sites is 1. The second-order valence-corrected chi connectivity index (χ2v) is 7.60. The van der Waals surface area contributed by atoms with Gasteiger partial charge in [0.15, 0.2) is 0 Å². The Kier molecular flexibility index (Phi) is 4.85. The van der Waals surface area contributed by atoms with Gasteiger partial charge in [0, 0.05) is 16.8 Å². The molecule has 1 aromatic heterocycles. The summed E-state index contributed by atoms with van der Waals surface area (Å²) in [6.45, 7) is 2.10. The summed E-state index contributed by atoms with van der Waals surface area (Å²) < 4.78 is 1.69. The highest BCUT2D eigenvalue weighted by Gasteiger charge is 2.34. The van der Waals surface area contributed by atoms with Gasteiger partial charge in [-0.25, -0.2) is 0 Å². The van der Waals surface area contributed by atoms with Gasteiger partial charge in [0.1, 0.15) is 12.6 Å². The first-order valence-electron chi connectivity index (χ1n) is 8.77. The predicted octanol–water partition coefficient (Wildman–Crippen LogP) is 2.88. The van der Waals surface area contributed by atoms with E-state index in [2.05, 4.69) is 10.4 Å². The molecular formula is C20H20N4O2S. The van der Waals surface area contributed by atoms with E-state index in [1.54, 1.807) is 27.5 Å². The molecule has 1 aliphatic heterocycles. The van der Waals surface area contributed by atoms with Crippen molar-refractivity contribution in [2.45, 2.75) is 19.5 Å². The van der Waals surface area contributed by atoms with Crippen molar-refractivity contribution in [3.05, 3.63) is 60.3 Å². The van der Waals surface area contributed by atoms with E-state index in [4.69, 9.17) is 0 Å². The number of anilines is 1. The van der Waals surface area contributed by atoms with E-state index in [1.165, 1.54) is 0 Å². The molecule has 0 radical (unpaired) electrons. The highest BCUT2D eigenvalue weighted by molar-refractivity contribution is 7.99. The lowest BCUT2D eigenvalue weighted by Crippen LogP contribution is -2.45. The van der Waals surface area contributed by atoms with Gasteiger partial charge in [-0.15, -0.1) is 11.8 Å². The van der Waals surface area contributed by atoms with Crippen LogP contribution in [-0.4, -0.2) is 44.2 Å². The Morgan fingerprint density at radius 3 is 2.93 bits per heavy atom. The maximum atomic E-state index is 12.8. The van der Waals surface area contributed by atoms with Gasteiger partial charge in [-0.1, -0.05) is 30.3 Å². The number of nitrogens with one attached hydrogen (secondary N) is 1. The molecule has 0 aliphatic carbocycles. The minimum absolute atomic E-state index is 0.0988. The molecular weight excluding hydrogens is 360 g/mol. The number of nitrogens with zero attached hydrogens (tertiary/aromatic N) is 3. The Morgan fingerprint density at radius 1 is 1.22 bits per heavy atom. The van der Waals surface area contributed by atoms with E-state index in [-0.39, 0.29) is 18.4 Å². The number of benzene rings is 2. The van der Waals surface area contributed by atoms with E-state index in [1.807, 2.05) is 55.5 Å². The number of aromatic nitrogens is 2. The molecule has 2 amide bonds. The zero-order valence-corrected chi connectivity index (χ0v) is 15.8. The Balaban J connectivity index is 1.47. The summed E-state index contributed by atoms with van der Waals surface area (Å²) in [6.07, 6.45) is 1.75. The molecule has 7 heteroatoms. The van der Waals surface area contributed by atoms with Crippen molar-refractivity contribution in [1.82, 2.24) is 14.7 Å². The first-order chi connectivity index (χ1) is 13.1. The van der Waals surface area contributed by atoms with Crippen LogP contribution in [0, 0.1) is 6.92 Å². The van der Waals surface area contributed by atoms with Crippen LogP contribution in [0.25, 0.3) is 10.9 Å². The van der Waals surface area contributed by atoms with Gasteiger partial charge in [0.05, 0.1) is 17.6 Å². The molecule has 0 spiro atoms. The van der Waals surface area contributed by atoms with Crippen molar-refractivity contribution in [1.29, 1.82) is 0 Å². The smallest absolute Gasteiger partial charge is 0.248 e. The molecule has 4 rings (SSSR count). The summed E-state index contributed by atoms with van der Waals surface area (Å²) in [6, 6.07) is 15.0. The summed E-state index contributed by atoms with van der Waals surface area (Å²) >= 11 is 1.59. The third kappa shape index (κ3) is 3.68. The molecule has 1 fully saturated rings. The van der Waals surface area contributed by atoms with E-state index < -0.39 is 6.04 Å². The Hall–Kier alpha value is -2.80. The number of amides is 2. The average Bonchev–Trinajstić information content (AvgIpc) is 3.29. The average molecular weight is 380 g/mol. The first-order valence-corrected chi connectivity index (χ1v) is 9.92. The van der Waals surface area contributed by atoms with Crippen molar-refractivity contribution in [2.24, 2.45) is 0 Å². The Morgan fingerprint density at radius 2 is 2.07 bits per heavy atom. The molecule has 0 saturated carbocycles. The van der Waals surface area contributed by atoms with E-state index in [0.29, 0.717) is 11.6 Å². The summed E-state index contributed by atoms with van der Waals surface area (Å²) in [7, 11) is 0. The monoisotopic (exact) mass is 380 g/mol. The van der Waals surface area contributed by atoms with Crippen LogP contribution in [-0.2, 0) is 16.1 Å². The van der Waals surface area contributed by atoms with Gasteiger partial charge < -0.3 is 10.2 Å². The van der Waals surface area contributed by atoms with E-state index >= 15 is 0 Å². The van der Waals surface area contributed by atoms with Gasteiger partial charge in [-0.3, -0.25) is 14.3 Å². The number of rotatable bonds is 4. The third-order valence-corrected chi connectivity index (χ3v) is 5.64. The Labute approximate surface area is 161 Å². The van der Waals surface area contributed by atoms with Gasteiger partial charge in [-0.2, -0.15) is 5.10 Å². The number of aryl methyl sites for hydroxylation is 1. The number of fused-ring (bicyclic) bond motifs is 1. The van der Waals surface area contributed by atoms with Crippen LogP contribution >= 0.6 is 11.8 Å². The topological polar surface area (TPSA) is 67.2 Å². The number of carbonyl (C=O) groups excluding carboxylic acids is 2. The Bertz CT molecular complexity index is 1000. The zero-order chi connectivity index (χ0) is 18.8. The van der Waals surface area contributed by atoms with Crippen LogP contribution in [0.4, 0.5) is 5.69 Å². The number of hydrogen-bond donors (Lipinski definition) is 1. The maximum Gasteiger partial charge on any atom is 0.248 e. The van der Waals surface area contributed by atoms with Crippen molar-refractivity contribution < 1.29 is 9.59 Å². The standard InChI is InChI=1S/C20H20N4O2S/c1-14-5-4-7-16(9-14)22-20(26)18-12-27-13-23(18)19(25)11-24-17-8-3-2-6-15(17)10-21-24/h2-10,18H,11-13H2,1H3,(H,22,26)/t18-/m0/s1. The van der Waals surface area contributed by atoms with Crippen LogP contribution in [0.3, 0.4) is 0 Å². The van der Waals surface area contributed by atoms with E-state index in [0.717, 1.165) is 22.2 Å². The molecule has 138 valence electrons.